The first-order chi connectivity index (χ1) is 12.9. The number of carbonyl (C=O) groups excluding carboxylic acids is 2. The molecule has 3 rings (SSSR count). The lowest BCUT2D eigenvalue weighted by Crippen LogP contribution is -2.47. The number of hydrogen-bond donors (Lipinski definition) is 1. The molecule has 0 unspecified atom stereocenters. The minimum absolute atomic E-state index is 0.0256. The van der Waals surface area contributed by atoms with Crippen molar-refractivity contribution in [2.75, 3.05) is 6.54 Å². The number of hydrogen-bond acceptors (Lipinski definition) is 6. The highest BCUT2D eigenvalue weighted by Crippen LogP contribution is 2.26. The predicted molar refractivity (Wildman–Crippen MR) is 98.9 cm³/mol. The number of amides is 3. The summed E-state index contributed by atoms with van der Waals surface area (Å²) >= 11 is 1.40. The van der Waals surface area contributed by atoms with Gasteiger partial charge in [0.2, 0.25) is 0 Å². The van der Waals surface area contributed by atoms with Crippen molar-refractivity contribution in [2.24, 2.45) is 5.92 Å². The van der Waals surface area contributed by atoms with Crippen molar-refractivity contribution >= 4 is 29.2 Å². The van der Waals surface area contributed by atoms with E-state index in [2.05, 4.69) is 9.97 Å². The molecule has 2 aromatic heterocycles. The highest BCUT2D eigenvalue weighted by molar-refractivity contribution is 7.13. The van der Waals surface area contributed by atoms with Crippen molar-refractivity contribution in [1.82, 2.24) is 19.8 Å². The molecule has 0 spiro atoms. The third-order valence-electron chi connectivity index (χ3n) is 4.64. The predicted octanol–water partition coefficient (Wildman–Crippen LogP) is 2.47. The van der Waals surface area contributed by atoms with E-state index >= 15 is 0 Å². The van der Waals surface area contributed by atoms with Crippen molar-refractivity contribution in [3.8, 4) is 10.6 Å². The van der Waals surface area contributed by atoms with E-state index in [9.17, 15) is 19.5 Å². The Kier molecular flexibility index (Phi) is 5.50. The SMILES string of the molecule is CC[C@H](C)[C@@H](C(=O)O)N1CC(=O)N(Cc2csc(-c3cccnc3)n2)C1=O. The fraction of sp³-hybridized carbons (Fsp3) is 0.389. The van der Waals surface area contributed by atoms with Gasteiger partial charge < -0.3 is 10.0 Å². The van der Waals surface area contributed by atoms with Crippen molar-refractivity contribution in [2.45, 2.75) is 32.9 Å². The molecule has 0 bridgehead atoms. The maximum absolute atomic E-state index is 12.7. The summed E-state index contributed by atoms with van der Waals surface area (Å²) in [5, 5.41) is 12.0. The van der Waals surface area contributed by atoms with Gasteiger partial charge in [0.05, 0.1) is 12.2 Å². The highest BCUT2D eigenvalue weighted by Gasteiger charge is 2.44. The Balaban J connectivity index is 1.76. The van der Waals surface area contributed by atoms with Gasteiger partial charge in [0.25, 0.3) is 5.91 Å². The van der Waals surface area contributed by atoms with Crippen molar-refractivity contribution in [1.29, 1.82) is 0 Å². The summed E-state index contributed by atoms with van der Waals surface area (Å²) in [5.74, 6) is -1.76. The molecule has 2 atom stereocenters. The standard InChI is InChI=1S/C18H20N4O4S/c1-3-11(2)15(17(24)25)22-9-14(23)21(18(22)26)8-13-10-27-16(20-13)12-5-4-6-19-7-12/h4-7,10-11,15H,3,8-9H2,1-2H3,(H,24,25)/t11-,15-/m0/s1. The number of aromatic nitrogens is 2. The van der Waals surface area contributed by atoms with Crippen LogP contribution in [0, 0.1) is 5.92 Å². The first-order valence-corrected chi connectivity index (χ1v) is 9.49. The zero-order valence-corrected chi connectivity index (χ0v) is 15.8. The Morgan fingerprint density at radius 1 is 1.41 bits per heavy atom. The van der Waals surface area contributed by atoms with Crippen LogP contribution >= 0.6 is 11.3 Å². The van der Waals surface area contributed by atoms with Crippen LogP contribution in [0.15, 0.2) is 29.9 Å². The summed E-state index contributed by atoms with van der Waals surface area (Å²) in [6.07, 6.45) is 3.96. The van der Waals surface area contributed by atoms with Crippen LogP contribution in [-0.4, -0.2) is 55.4 Å². The second-order valence-electron chi connectivity index (χ2n) is 6.44. The monoisotopic (exact) mass is 388 g/mol. The van der Waals surface area contributed by atoms with E-state index in [1.807, 2.05) is 19.1 Å². The average Bonchev–Trinajstić information content (AvgIpc) is 3.23. The lowest BCUT2D eigenvalue weighted by Gasteiger charge is -2.27. The molecule has 1 saturated heterocycles. The van der Waals surface area contributed by atoms with Gasteiger partial charge in [-0.2, -0.15) is 0 Å². The van der Waals surface area contributed by atoms with Gasteiger partial charge in [-0.1, -0.05) is 20.3 Å². The van der Waals surface area contributed by atoms with Gasteiger partial charge in [-0.15, -0.1) is 11.3 Å². The van der Waals surface area contributed by atoms with Crippen LogP contribution < -0.4 is 0 Å². The number of imide groups is 1. The van der Waals surface area contributed by atoms with Gasteiger partial charge >= 0.3 is 12.0 Å². The molecule has 0 aromatic carbocycles. The van der Waals surface area contributed by atoms with Crippen LogP contribution in [-0.2, 0) is 16.1 Å². The summed E-state index contributed by atoms with van der Waals surface area (Å²) in [4.78, 5) is 47.4. The van der Waals surface area contributed by atoms with Gasteiger partial charge in [0, 0.05) is 23.3 Å². The zero-order chi connectivity index (χ0) is 19.6. The molecule has 0 aliphatic carbocycles. The molecule has 9 heteroatoms. The summed E-state index contributed by atoms with van der Waals surface area (Å²) in [7, 11) is 0. The van der Waals surface area contributed by atoms with E-state index in [1.54, 1.807) is 24.7 Å². The molecule has 27 heavy (non-hydrogen) atoms. The molecule has 142 valence electrons. The number of rotatable bonds is 7. The van der Waals surface area contributed by atoms with Crippen LogP contribution in [0.3, 0.4) is 0 Å². The molecule has 2 aromatic rings. The molecule has 1 aliphatic rings. The van der Waals surface area contributed by atoms with Gasteiger partial charge in [-0.05, 0) is 18.1 Å². The number of thiazole rings is 1. The summed E-state index contributed by atoms with van der Waals surface area (Å²) in [6, 6.07) is 2.09. The summed E-state index contributed by atoms with van der Waals surface area (Å²) in [6.45, 7) is 3.42. The second-order valence-corrected chi connectivity index (χ2v) is 7.30. The maximum Gasteiger partial charge on any atom is 0.328 e. The molecular formula is C18H20N4O4S. The maximum atomic E-state index is 12.7. The number of urea groups is 1. The Hall–Kier alpha value is -2.81. The second kappa shape index (κ2) is 7.83. The Bertz CT molecular complexity index is 854. The molecular weight excluding hydrogens is 368 g/mol. The van der Waals surface area contributed by atoms with Gasteiger partial charge in [0.1, 0.15) is 17.6 Å². The van der Waals surface area contributed by atoms with Crippen molar-refractivity contribution < 1.29 is 19.5 Å². The molecule has 1 aliphatic heterocycles. The van der Waals surface area contributed by atoms with E-state index in [0.717, 1.165) is 20.4 Å². The zero-order valence-electron chi connectivity index (χ0n) is 15.0. The average molecular weight is 388 g/mol. The largest absolute Gasteiger partial charge is 0.480 e. The Morgan fingerprint density at radius 2 is 2.19 bits per heavy atom. The van der Waals surface area contributed by atoms with E-state index in [-0.39, 0.29) is 19.0 Å². The normalized spacial score (nSPS) is 16.7. The van der Waals surface area contributed by atoms with Crippen LogP contribution in [0.4, 0.5) is 4.79 Å². The number of aliphatic carboxylic acids is 1. The minimum Gasteiger partial charge on any atom is -0.480 e. The van der Waals surface area contributed by atoms with Crippen LogP contribution in [0.5, 0.6) is 0 Å². The first kappa shape index (κ1) is 19.0. The van der Waals surface area contributed by atoms with Gasteiger partial charge in [-0.25, -0.2) is 14.6 Å². The lowest BCUT2D eigenvalue weighted by molar-refractivity contribution is -0.143. The number of carboxylic acids is 1. The number of carbonyl (C=O) groups is 3. The first-order valence-electron chi connectivity index (χ1n) is 8.61. The van der Waals surface area contributed by atoms with E-state index in [1.165, 1.54) is 11.3 Å². The van der Waals surface area contributed by atoms with Gasteiger partial charge in [-0.3, -0.25) is 14.7 Å². The molecule has 1 N–H and O–H groups in total. The van der Waals surface area contributed by atoms with Crippen LogP contribution in [0.1, 0.15) is 26.0 Å². The highest BCUT2D eigenvalue weighted by atomic mass is 32.1. The number of nitrogens with zero attached hydrogens (tertiary/aromatic N) is 4. The molecule has 3 amide bonds. The third-order valence-corrected chi connectivity index (χ3v) is 5.58. The molecule has 8 nitrogen and oxygen atoms in total. The Labute approximate surface area is 160 Å². The van der Waals surface area contributed by atoms with Crippen LogP contribution in [0.25, 0.3) is 10.6 Å². The Morgan fingerprint density at radius 3 is 2.81 bits per heavy atom. The third kappa shape index (κ3) is 3.82. The number of pyridine rings is 1. The quantitative estimate of drug-likeness (QED) is 0.731. The molecule has 1 fully saturated rings. The van der Waals surface area contributed by atoms with Gasteiger partial charge in [0.15, 0.2) is 0 Å². The summed E-state index contributed by atoms with van der Waals surface area (Å²) < 4.78 is 0. The van der Waals surface area contributed by atoms with Crippen molar-refractivity contribution in [3.05, 3.63) is 35.6 Å². The lowest BCUT2D eigenvalue weighted by atomic mass is 9.98. The topological polar surface area (TPSA) is 104 Å². The van der Waals surface area contributed by atoms with Crippen molar-refractivity contribution in [3.63, 3.8) is 0 Å². The smallest absolute Gasteiger partial charge is 0.328 e. The summed E-state index contributed by atoms with van der Waals surface area (Å²) in [5.41, 5.74) is 1.44. The van der Waals surface area contributed by atoms with E-state index in [4.69, 9.17) is 0 Å². The van der Waals surface area contributed by atoms with E-state index < -0.39 is 23.9 Å². The molecule has 0 radical (unpaired) electrons. The fourth-order valence-electron chi connectivity index (χ4n) is 3.00. The molecule has 3 heterocycles. The minimum atomic E-state index is -1.10. The van der Waals surface area contributed by atoms with E-state index in [0.29, 0.717) is 12.1 Å². The number of carboxylic acid groups (broad SMARTS) is 1. The molecule has 0 saturated carbocycles. The van der Waals surface area contributed by atoms with Crippen LogP contribution in [0.2, 0.25) is 0 Å². The fourth-order valence-corrected chi connectivity index (χ4v) is 3.81.